The Morgan fingerprint density at radius 1 is 1.21 bits per heavy atom. The Kier molecular flexibility index (Phi) is 3.34. The quantitative estimate of drug-likeness (QED) is 0.763. The summed E-state index contributed by atoms with van der Waals surface area (Å²) < 4.78 is 2.44. The first-order valence-electron chi connectivity index (χ1n) is 7.58. The minimum absolute atomic E-state index is 0.621. The molecule has 1 aliphatic rings. The number of aromatic nitrogens is 2. The van der Waals surface area contributed by atoms with E-state index >= 15 is 0 Å². The fourth-order valence-electron chi connectivity index (χ4n) is 3.71. The van der Waals surface area contributed by atoms with Crippen molar-refractivity contribution in [3.05, 3.63) is 30.6 Å². The summed E-state index contributed by atoms with van der Waals surface area (Å²) in [4.78, 5) is 4.58. The van der Waals surface area contributed by atoms with Crippen LogP contribution >= 0.6 is 0 Å². The van der Waals surface area contributed by atoms with Gasteiger partial charge in [-0.1, -0.05) is 39.3 Å². The zero-order chi connectivity index (χ0) is 13.4. The zero-order valence-corrected chi connectivity index (χ0v) is 12.2. The molecule has 2 aromatic rings. The Hall–Kier alpha value is -1.31. The second-order valence-corrected chi connectivity index (χ2v) is 6.53. The molecule has 1 saturated carbocycles. The van der Waals surface area contributed by atoms with Gasteiger partial charge in [0.25, 0.3) is 0 Å². The van der Waals surface area contributed by atoms with E-state index in [0.717, 1.165) is 23.3 Å². The van der Waals surface area contributed by atoms with Gasteiger partial charge in [0.15, 0.2) is 0 Å². The highest BCUT2D eigenvalue weighted by atomic mass is 15.1. The van der Waals surface area contributed by atoms with Crippen LogP contribution in [0.15, 0.2) is 30.6 Å². The van der Waals surface area contributed by atoms with Crippen LogP contribution in [0.3, 0.4) is 0 Å². The summed E-state index contributed by atoms with van der Waals surface area (Å²) in [5, 5.41) is 0. The third kappa shape index (κ3) is 2.29. The highest BCUT2D eigenvalue weighted by Crippen LogP contribution is 2.42. The van der Waals surface area contributed by atoms with Gasteiger partial charge in [-0.05, 0) is 42.7 Å². The van der Waals surface area contributed by atoms with Crippen molar-refractivity contribution in [2.24, 2.45) is 17.8 Å². The molecule has 0 bridgehead atoms. The molecule has 2 heteroatoms. The number of fused-ring (bicyclic) bond motifs is 1. The highest BCUT2D eigenvalue weighted by Gasteiger charge is 2.32. The van der Waals surface area contributed by atoms with Gasteiger partial charge in [-0.25, -0.2) is 4.98 Å². The van der Waals surface area contributed by atoms with Crippen LogP contribution in [-0.4, -0.2) is 9.55 Å². The number of hydrogen-bond acceptors (Lipinski definition) is 1. The van der Waals surface area contributed by atoms with Gasteiger partial charge in [-0.15, -0.1) is 0 Å². The van der Waals surface area contributed by atoms with Crippen molar-refractivity contribution in [1.29, 1.82) is 0 Å². The van der Waals surface area contributed by atoms with Crippen molar-refractivity contribution in [1.82, 2.24) is 9.55 Å². The molecule has 3 unspecified atom stereocenters. The minimum atomic E-state index is 0.621. The molecule has 0 radical (unpaired) electrons. The summed E-state index contributed by atoms with van der Waals surface area (Å²) in [7, 11) is 0. The number of nitrogens with zero attached hydrogens (tertiary/aromatic N) is 2. The highest BCUT2D eigenvalue weighted by molar-refractivity contribution is 5.75. The van der Waals surface area contributed by atoms with Gasteiger partial charge in [0.1, 0.15) is 0 Å². The van der Waals surface area contributed by atoms with E-state index in [1.54, 1.807) is 0 Å². The van der Waals surface area contributed by atoms with E-state index in [1.807, 2.05) is 0 Å². The fraction of sp³-hybridized carbons (Fsp3) is 0.588. The van der Waals surface area contributed by atoms with Crippen molar-refractivity contribution < 1.29 is 0 Å². The summed E-state index contributed by atoms with van der Waals surface area (Å²) in [5.41, 5.74) is 2.43. The second kappa shape index (κ2) is 4.99. The van der Waals surface area contributed by atoms with Crippen molar-refractivity contribution in [2.75, 3.05) is 0 Å². The average Bonchev–Trinajstić information content (AvgIpc) is 2.82. The van der Waals surface area contributed by atoms with E-state index in [0.29, 0.717) is 6.04 Å². The Labute approximate surface area is 115 Å². The Morgan fingerprint density at radius 2 is 2.00 bits per heavy atom. The number of para-hydroxylation sites is 2. The molecule has 1 fully saturated rings. The maximum absolute atomic E-state index is 4.58. The molecule has 1 aliphatic carbocycles. The summed E-state index contributed by atoms with van der Waals surface area (Å²) in [5.74, 6) is 2.37. The van der Waals surface area contributed by atoms with Crippen LogP contribution in [0.4, 0.5) is 0 Å². The lowest BCUT2D eigenvalue weighted by Crippen LogP contribution is -2.29. The maximum atomic E-state index is 4.58. The van der Waals surface area contributed by atoms with E-state index in [-0.39, 0.29) is 0 Å². The molecule has 0 saturated heterocycles. The Bertz CT molecular complexity index is 555. The van der Waals surface area contributed by atoms with Gasteiger partial charge in [-0.3, -0.25) is 0 Å². The third-order valence-electron chi connectivity index (χ3n) is 4.83. The molecule has 1 heterocycles. The normalized spacial score (nSPS) is 28.1. The largest absolute Gasteiger partial charge is 0.327 e. The van der Waals surface area contributed by atoms with Gasteiger partial charge in [0.05, 0.1) is 17.4 Å². The third-order valence-corrected chi connectivity index (χ3v) is 4.83. The first-order chi connectivity index (χ1) is 9.16. The predicted octanol–water partition coefficient (Wildman–Crippen LogP) is 4.67. The van der Waals surface area contributed by atoms with Crippen molar-refractivity contribution in [3.63, 3.8) is 0 Å². The predicted molar refractivity (Wildman–Crippen MR) is 80.1 cm³/mol. The second-order valence-electron chi connectivity index (χ2n) is 6.53. The molecule has 2 nitrogen and oxygen atoms in total. The van der Waals surface area contributed by atoms with Crippen LogP contribution in [0, 0.1) is 17.8 Å². The van der Waals surface area contributed by atoms with E-state index in [4.69, 9.17) is 0 Å². The molecule has 0 spiro atoms. The van der Waals surface area contributed by atoms with Gasteiger partial charge in [0.2, 0.25) is 0 Å². The summed E-state index contributed by atoms with van der Waals surface area (Å²) in [6, 6.07) is 9.14. The van der Waals surface area contributed by atoms with Crippen molar-refractivity contribution in [3.8, 4) is 0 Å². The summed E-state index contributed by atoms with van der Waals surface area (Å²) in [6.07, 6.45) is 6.09. The van der Waals surface area contributed by atoms with Crippen LogP contribution in [0.2, 0.25) is 0 Å². The van der Waals surface area contributed by atoms with E-state index in [9.17, 15) is 0 Å². The lowest BCUT2D eigenvalue weighted by molar-refractivity contribution is 0.152. The van der Waals surface area contributed by atoms with Gasteiger partial charge >= 0.3 is 0 Å². The molecule has 3 atom stereocenters. The Balaban J connectivity index is 2.02. The molecule has 102 valence electrons. The smallest absolute Gasteiger partial charge is 0.0961 e. The lowest BCUT2D eigenvalue weighted by Gasteiger charge is -2.38. The molecule has 3 rings (SSSR count). The first-order valence-corrected chi connectivity index (χ1v) is 7.58. The molecule has 1 aromatic carbocycles. The summed E-state index contributed by atoms with van der Waals surface area (Å²) in [6.45, 7) is 7.13. The van der Waals surface area contributed by atoms with Crippen LogP contribution in [-0.2, 0) is 0 Å². The topological polar surface area (TPSA) is 17.8 Å². The zero-order valence-electron chi connectivity index (χ0n) is 12.2. The van der Waals surface area contributed by atoms with Gasteiger partial charge in [0, 0.05) is 6.04 Å². The molecule has 1 aromatic heterocycles. The van der Waals surface area contributed by atoms with E-state index < -0.39 is 0 Å². The SMILES string of the molecule is CC1CCC(C(C)C)C(n2cnc3ccccc32)C1. The number of imidazole rings is 1. The molecular formula is C17H24N2. The number of hydrogen-bond donors (Lipinski definition) is 0. The maximum Gasteiger partial charge on any atom is 0.0961 e. The van der Waals surface area contributed by atoms with Gasteiger partial charge < -0.3 is 4.57 Å². The van der Waals surface area contributed by atoms with Crippen molar-refractivity contribution in [2.45, 2.75) is 46.1 Å². The standard InChI is InChI=1S/C17H24N2/c1-12(2)14-9-8-13(3)10-17(14)19-11-18-15-6-4-5-7-16(15)19/h4-7,11-14,17H,8-10H2,1-3H3. The van der Waals surface area contributed by atoms with Crippen LogP contribution in [0.1, 0.15) is 46.1 Å². The molecule has 0 aliphatic heterocycles. The van der Waals surface area contributed by atoms with Crippen LogP contribution in [0.25, 0.3) is 11.0 Å². The van der Waals surface area contributed by atoms with Gasteiger partial charge in [-0.2, -0.15) is 0 Å². The minimum Gasteiger partial charge on any atom is -0.327 e. The van der Waals surface area contributed by atoms with E-state index in [1.165, 1.54) is 24.8 Å². The van der Waals surface area contributed by atoms with E-state index in [2.05, 4.69) is 60.9 Å². The molecular weight excluding hydrogens is 232 g/mol. The number of benzene rings is 1. The Morgan fingerprint density at radius 3 is 2.79 bits per heavy atom. The lowest BCUT2D eigenvalue weighted by atomic mass is 9.74. The molecule has 0 N–H and O–H groups in total. The fourth-order valence-corrected chi connectivity index (χ4v) is 3.71. The van der Waals surface area contributed by atoms with Crippen LogP contribution in [0.5, 0.6) is 0 Å². The molecule has 19 heavy (non-hydrogen) atoms. The average molecular weight is 256 g/mol. The van der Waals surface area contributed by atoms with Crippen LogP contribution < -0.4 is 0 Å². The number of rotatable bonds is 2. The first kappa shape index (κ1) is 12.7. The monoisotopic (exact) mass is 256 g/mol. The van der Waals surface area contributed by atoms with Crippen molar-refractivity contribution >= 4 is 11.0 Å². The molecule has 0 amide bonds. The summed E-state index contributed by atoms with van der Waals surface area (Å²) >= 11 is 0.